The van der Waals surface area contributed by atoms with E-state index in [1.165, 1.54) is 13.3 Å². The van der Waals surface area contributed by atoms with Gasteiger partial charge in [-0.3, -0.25) is 4.72 Å². The van der Waals surface area contributed by atoms with Crippen LogP contribution in [-0.4, -0.2) is 31.5 Å². The smallest absolute Gasteiger partial charge is 0.263 e. The van der Waals surface area contributed by atoms with Gasteiger partial charge in [0.05, 0.1) is 18.2 Å². The van der Waals surface area contributed by atoms with E-state index in [1.54, 1.807) is 18.2 Å². The molecule has 0 fully saturated rings. The van der Waals surface area contributed by atoms with Crippen molar-refractivity contribution in [1.82, 2.24) is 9.97 Å². The molecule has 0 saturated heterocycles. The lowest BCUT2D eigenvalue weighted by molar-refractivity contribution is 0.397. The first-order valence-corrected chi connectivity index (χ1v) is 10.5. The Labute approximate surface area is 166 Å². The summed E-state index contributed by atoms with van der Waals surface area (Å²) in [5.41, 5.74) is 0.876. The molecule has 9 heteroatoms. The molecule has 0 unspecified atom stereocenters. The summed E-state index contributed by atoms with van der Waals surface area (Å²) in [7, 11) is -2.51. The molecule has 0 bridgehead atoms. The van der Waals surface area contributed by atoms with E-state index in [9.17, 15) is 8.42 Å². The maximum absolute atomic E-state index is 13.0. The van der Waals surface area contributed by atoms with Crippen LogP contribution in [0.5, 0.6) is 5.88 Å². The third-order valence-electron chi connectivity index (χ3n) is 3.75. The van der Waals surface area contributed by atoms with Gasteiger partial charge in [0.2, 0.25) is 5.82 Å². The highest BCUT2D eigenvalue weighted by Gasteiger charge is 2.21. The van der Waals surface area contributed by atoms with Gasteiger partial charge in [-0.2, -0.15) is 0 Å². The normalized spacial score (nSPS) is 11.6. The lowest BCUT2D eigenvalue weighted by Gasteiger charge is -2.15. The average molecular weight is 451 g/mol. The van der Waals surface area contributed by atoms with Gasteiger partial charge < -0.3 is 10.1 Å². The molecular formula is C18H19BrN4O3S. The molecule has 2 aromatic carbocycles. The number of methoxy groups -OCH3 is 1. The number of aromatic nitrogens is 2. The summed E-state index contributed by atoms with van der Waals surface area (Å²) in [6, 6.07) is 10.9. The van der Waals surface area contributed by atoms with Gasteiger partial charge in [-0.15, -0.1) is 0 Å². The van der Waals surface area contributed by atoms with Crippen molar-refractivity contribution in [3.63, 3.8) is 0 Å². The minimum atomic E-state index is -3.91. The molecule has 0 spiro atoms. The Bertz CT molecular complexity index is 1090. The van der Waals surface area contributed by atoms with Crippen molar-refractivity contribution in [3.05, 3.63) is 47.2 Å². The minimum absolute atomic E-state index is 0.0224. The number of ether oxygens (including phenoxy) is 1. The molecule has 1 aromatic heterocycles. The maximum Gasteiger partial charge on any atom is 0.263 e. The van der Waals surface area contributed by atoms with Crippen LogP contribution in [0.3, 0.4) is 0 Å². The van der Waals surface area contributed by atoms with Gasteiger partial charge in [-0.25, -0.2) is 18.4 Å². The fourth-order valence-electron chi connectivity index (χ4n) is 2.70. The first-order valence-electron chi connectivity index (χ1n) is 8.19. The molecule has 0 radical (unpaired) electrons. The predicted molar refractivity (Wildman–Crippen MR) is 110 cm³/mol. The van der Waals surface area contributed by atoms with Gasteiger partial charge >= 0.3 is 0 Å². The third-order valence-corrected chi connectivity index (χ3v) is 5.53. The summed E-state index contributed by atoms with van der Waals surface area (Å²) >= 11 is 3.18. The number of anilines is 2. The molecule has 0 aliphatic rings. The molecule has 0 aliphatic heterocycles. The second kappa shape index (κ2) is 7.69. The van der Waals surface area contributed by atoms with Gasteiger partial charge in [0.15, 0.2) is 0 Å². The molecule has 27 heavy (non-hydrogen) atoms. The summed E-state index contributed by atoms with van der Waals surface area (Å²) in [5, 5.41) is 4.77. The van der Waals surface area contributed by atoms with E-state index in [-0.39, 0.29) is 22.6 Å². The van der Waals surface area contributed by atoms with Crippen LogP contribution in [0.25, 0.3) is 10.8 Å². The molecule has 7 nitrogen and oxygen atoms in total. The highest BCUT2D eigenvalue weighted by atomic mass is 79.9. The second-order valence-corrected chi connectivity index (χ2v) is 8.58. The molecule has 3 aromatic rings. The van der Waals surface area contributed by atoms with Crippen molar-refractivity contribution in [2.45, 2.75) is 24.8 Å². The monoisotopic (exact) mass is 450 g/mol. The van der Waals surface area contributed by atoms with Crippen LogP contribution >= 0.6 is 15.9 Å². The first-order chi connectivity index (χ1) is 12.8. The lowest BCUT2D eigenvalue weighted by atomic mass is 10.1. The Balaban J connectivity index is 2.09. The van der Waals surface area contributed by atoms with E-state index >= 15 is 0 Å². The Morgan fingerprint density at radius 1 is 1.11 bits per heavy atom. The largest absolute Gasteiger partial charge is 0.478 e. The van der Waals surface area contributed by atoms with Crippen molar-refractivity contribution in [1.29, 1.82) is 0 Å². The zero-order chi connectivity index (χ0) is 19.6. The molecule has 0 saturated carbocycles. The van der Waals surface area contributed by atoms with Gasteiger partial charge in [0.25, 0.3) is 15.9 Å². The van der Waals surface area contributed by atoms with Gasteiger partial charge in [-0.1, -0.05) is 24.3 Å². The number of sulfonamides is 1. The Morgan fingerprint density at radius 2 is 1.81 bits per heavy atom. The SMILES string of the molecule is COc1nc(Br)cnc1NS(=O)(=O)c1cccc2c(NC(C)C)cccc12. The summed E-state index contributed by atoms with van der Waals surface area (Å²) in [6.45, 7) is 4.05. The van der Waals surface area contributed by atoms with Gasteiger partial charge in [0, 0.05) is 22.5 Å². The van der Waals surface area contributed by atoms with E-state index < -0.39 is 10.0 Å². The highest BCUT2D eigenvalue weighted by molar-refractivity contribution is 9.10. The van der Waals surface area contributed by atoms with E-state index in [0.29, 0.717) is 9.99 Å². The van der Waals surface area contributed by atoms with E-state index in [4.69, 9.17) is 4.74 Å². The molecule has 2 N–H and O–H groups in total. The quantitative estimate of drug-likeness (QED) is 0.588. The van der Waals surface area contributed by atoms with Crippen molar-refractivity contribution < 1.29 is 13.2 Å². The topological polar surface area (TPSA) is 93.2 Å². The van der Waals surface area contributed by atoms with Crippen LogP contribution in [0.1, 0.15) is 13.8 Å². The van der Waals surface area contributed by atoms with Crippen LogP contribution in [0.4, 0.5) is 11.5 Å². The predicted octanol–water partition coefficient (Wildman–Crippen LogP) is 4.02. The Morgan fingerprint density at radius 3 is 2.52 bits per heavy atom. The number of hydrogen-bond acceptors (Lipinski definition) is 6. The van der Waals surface area contributed by atoms with E-state index in [1.807, 2.05) is 32.0 Å². The number of hydrogen-bond donors (Lipinski definition) is 2. The summed E-state index contributed by atoms with van der Waals surface area (Å²) in [6.07, 6.45) is 1.40. The van der Waals surface area contributed by atoms with Crippen molar-refractivity contribution in [3.8, 4) is 5.88 Å². The van der Waals surface area contributed by atoms with Crippen molar-refractivity contribution >= 4 is 48.2 Å². The van der Waals surface area contributed by atoms with Crippen LogP contribution in [-0.2, 0) is 10.0 Å². The summed E-state index contributed by atoms with van der Waals surface area (Å²) in [4.78, 5) is 8.29. The molecule has 0 atom stereocenters. The molecule has 1 heterocycles. The van der Waals surface area contributed by atoms with E-state index in [0.717, 1.165) is 11.1 Å². The first kappa shape index (κ1) is 19.4. The molecule has 142 valence electrons. The van der Waals surface area contributed by atoms with Crippen LogP contribution in [0, 0.1) is 0 Å². The van der Waals surface area contributed by atoms with Gasteiger partial charge in [-0.05, 0) is 41.9 Å². The standard InChI is InChI=1S/C18H19BrN4O3S/c1-11(2)21-14-8-4-7-13-12(14)6-5-9-15(13)27(24,25)23-17-18(26-3)22-16(19)10-20-17/h4-11,21H,1-3H3,(H,20,23). The fraction of sp³-hybridized carbons (Fsp3) is 0.222. The van der Waals surface area contributed by atoms with Gasteiger partial charge in [0.1, 0.15) is 4.60 Å². The van der Waals surface area contributed by atoms with Crippen LogP contribution in [0.15, 0.2) is 52.1 Å². The third kappa shape index (κ3) is 4.14. The Hall–Kier alpha value is -2.39. The summed E-state index contributed by atoms with van der Waals surface area (Å²) < 4.78 is 34.1. The Kier molecular flexibility index (Phi) is 5.52. The molecule has 0 amide bonds. The van der Waals surface area contributed by atoms with Crippen molar-refractivity contribution in [2.75, 3.05) is 17.1 Å². The number of nitrogens with zero attached hydrogens (tertiary/aromatic N) is 2. The molecular weight excluding hydrogens is 432 g/mol. The maximum atomic E-state index is 13.0. The van der Waals surface area contributed by atoms with E-state index in [2.05, 4.69) is 35.9 Å². The van der Waals surface area contributed by atoms with Crippen LogP contribution < -0.4 is 14.8 Å². The number of halogens is 1. The zero-order valence-corrected chi connectivity index (χ0v) is 17.4. The minimum Gasteiger partial charge on any atom is -0.478 e. The number of rotatable bonds is 6. The molecule has 0 aliphatic carbocycles. The number of benzene rings is 2. The van der Waals surface area contributed by atoms with Crippen molar-refractivity contribution in [2.24, 2.45) is 0 Å². The van der Waals surface area contributed by atoms with Crippen LogP contribution in [0.2, 0.25) is 0 Å². The molecule has 3 rings (SSSR count). The number of fused-ring (bicyclic) bond motifs is 1. The number of nitrogens with one attached hydrogen (secondary N) is 2. The lowest BCUT2D eigenvalue weighted by Crippen LogP contribution is -2.16. The summed E-state index contributed by atoms with van der Waals surface area (Å²) in [5.74, 6) is 0.101. The fourth-order valence-corrected chi connectivity index (χ4v) is 4.19. The second-order valence-electron chi connectivity index (χ2n) is 6.11. The highest BCUT2D eigenvalue weighted by Crippen LogP contribution is 2.31. The average Bonchev–Trinajstić information content (AvgIpc) is 2.62. The zero-order valence-electron chi connectivity index (χ0n) is 15.0.